The summed E-state index contributed by atoms with van der Waals surface area (Å²) < 4.78 is 7.28. The summed E-state index contributed by atoms with van der Waals surface area (Å²) in [5.41, 5.74) is 0.966. The maximum atomic E-state index is 9.08. The van der Waals surface area contributed by atoms with E-state index in [1.54, 1.807) is 13.0 Å². The third-order valence-corrected chi connectivity index (χ3v) is 1.93. The van der Waals surface area contributed by atoms with Crippen LogP contribution in [-0.2, 0) is 0 Å². The molecule has 0 bridgehead atoms. The monoisotopic (exact) mass is 190 g/mol. The molecule has 0 saturated heterocycles. The number of aliphatic hydroxyl groups excluding tert-OH is 1. The van der Waals surface area contributed by atoms with E-state index >= 15 is 0 Å². The van der Waals surface area contributed by atoms with Gasteiger partial charge in [-0.1, -0.05) is 6.07 Å². The average molecular weight is 190 g/mol. The molecule has 0 aromatic carbocycles. The Morgan fingerprint density at radius 1 is 1.57 bits per heavy atom. The molecule has 1 radical (unpaired) electrons. The zero-order valence-corrected chi connectivity index (χ0v) is 7.97. The molecule has 1 atom stereocenters. The highest BCUT2D eigenvalue weighted by molar-refractivity contribution is 5.60. The van der Waals surface area contributed by atoms with Crippen molar-refractivity contribution in [3.8, 4) is 5.75 Å². The lowest BCUT2D eigenvalue weighted by atomic mass is 10.4. The van der Waals surface area contributed by atoms with E-state index < -0.39 is 6.10 Å². The van der Waals surface area contributed by atoms with E-state index in [4.69, 9.17) is 9.84 Å². The van der Waals surface area contributed by atoms with Gasteiger partial charge in [0.2, 0.25) is 0 Å². The Kier molecular flexibility index (Phi) is 2.41. The van der Waals surface area contributed by atoms with Gasteiger partial charge in [-0.2, -0.15) is 0 Å². The summed E-state index contributed by atoms with van der Waals surface area (Å²) in [5.74, 6) is 0.756. The number of hydrogen-bond donors (Lipinski definition) is 1. The van der Waals surface area contributed by atoms with Crippen molar-refractivity contribution in [3.05, 3.63) is 36.7 Å². The zero-order valence-electron chi connectivity index (χ0n) is 7.97. The van der Waals surface area contributed by atoms with Gasteiger partial charge in [0.25, 0.3) is 0 Å². The van der Waals surface area contributed by atoms with E-state index in [0.717, 1.165) is 11.3 Å². The molecule has 2 rings (SSSR count). The molecule has 0 spiro atoms. The van der Waals surface area contributed by atoms with Crippen LogP contribution in [0.2, 0.25) is 0 Å². The number of aromatic nitrogens is 1. The molecule has 73 valence electrons. The Hall–Kier alpha value is -1.48. The Labute approximate surface area is 82.6 Å². The minimum Gasteiger partial charge on any atom is -0.489 e. The van der Waals surface area contributed by atoms with Gasteiger partial charge in [0.1, 0.15) is 12.4 Å². The molecule has 1 unspecified atom stereocenters. The van der Waals surface area contributed by atoms with Crippen LogP contribution < -0.4 is 4.74 Å². The van der Waals surface area contributed by atoms with Crippen molar-refractivity contribution in [1.29, 1.82) is 0 Å². The fraction of sp³-hybridized carbons (Fsp3) is 0.273. The molecule has 14 heavy (non-hydrogen) atoms. The molecule has 0 saturated carbocycles. The molecule has 2 aromatic heterocycles. The largest absolute Gasteiger partial charge is 0.489 e. The lowest BCUT2D eigenvalue weighted by Gasteiger charge is -2.06. The van der Waals surface area contributed by atoms with Crippen molar-refractivity contribution in [2.45, 2.75) is 13.0 Å². The van der Waals surface area contributed by atoms with Gasteiger partial charge in [0, 0.05) is 12.3 Å². The summed E-state index contributed by atoms with van der Waals surface area (Å²) in [5, 5.41) is 9.08. The van der Waals surface area contributed by atoms with Crippen LogP contribution in [-0.4, -0.2) is 22.2 Å². The number of nitrogens with zero attached hydrogens (tertiary/aromatic N) is 1. The van der Waals surface area contributed by atoms with Crippen LogP contribution in [0, 0.1) is 6.20 Å². The van der Waals surface area contributed by atoms with E-state index in [0.29, 0.717) is 6.61 Å². The number of hydrogen-bond acceptors (Lipinski definition) is 2. The molecule has 0 aliphatic heterocycles. The maximum absolute atomic E-state index is 9.08. The first kappa shape index (κ1) is 9.09. The van der Waals surface area contributed by atoms with E-state index in [1.165, 1.54) is 0 Å². The van der Waals surface area contributed by atoms with Crippen LogP contribution in [0.1, 0.15) is 6.92 Å². The number of rotatable bonds is 3. The fourth-order valence-corrected chi connectivity index (χ4v) is 1.28. The lowest BCUT2D eigenvalue weighted by Crippen LogP contribution is -2.12. The number of aliphatic hydroxyl groups is 1. The normalized spacial score (nSPS) is 13.0. The van der Waals surface area contributed by atoms with Crippen molar-refractivity contribution in [2.24, 2.45) is 0 Å². The molecule has 1 N–H and O–H groups in total. The fourth-order valence-electron chi connectivity index (χ4n) is 1.28. The lowest BCUT2D eigenvalue weighted by molar-refractivity contribution is 0.123. The highest BCUT2D eigenvalue weighted by atomic mass is 16.5. The van der Waals surface area contributed by atoms with Crippen molar-refractivity contribution < 1.29 is 9.84 Å². The molecule has 0 fully saturated rings. The standard InChI is InChI=1S/C11H12NO2/c1-9(13)8-14-11-5-7-12-6-3-2-4-10(11)12/h2-6,9,13H,8H2,1H3. The molecular weight excluding hydrogens is 178 g/mol. The van der Waals surface area contributed by atoms with Crippen LogP contribution in [0.5, 0.6) is 5.75 Å². The average Bonchev–Trinajstić information content (AvgIpc) is 2.58. The van der Waals surface area contributed by atoms with Crippen molar-refractivity contribution in [3.63, 3.8) is 0 Å². The van der Waals surface area contributed by atoms with E-state index in [1.807, 2.05) is 28.8 Å². The number of ether oxygens (including phenoxy) is 1. The van der Waals surface area contributed by atoms with Gasteiger partial charge in [-0.3, -0.25) is 0 Å². The minimum absolute atomic E-state index is 0.308. The minimum atomic E-state index is -0.450. The third kappa shape index (κ3) is 1.72. The Morgan fingerprint density at radius 2 is 2.43 bits per heavy atom. The van der Waals surface area contributed by atoms with E-state index in [-0.39, 0.29) is 0 Å². The van der Waals surface area contributed by atoms with E-state index in [2.05, 4.69) is 6.20 Å². The Morgan fingerprint density at radius 3 is 3.21 bits per heavy atom. The quantitative estimate of drug-likeness (QED) is 0.795. The van der Waals surface area contributed by atoms with Crippen LogP contribution in [0.15, 0.2) is 30.5 Å². The van der Waals surface area contributed by atoms with E-state index in [9.17, 15) is 0 Å². The molecule has 3 heteroatoms. The van der Waals surface area contributed by atoms with Crippen molar-refractivity contribution >= 4 is 5.52 Å². The Balaban J connectivity index is 2.25. The second-order valence-electron chi connectivity index (χ2n) is 3.25. The first-order chi connectivity index (χ1) is 6.77. The van der Waals surface area contributed by atoms with Crippen LogP contribution in [0.3, 0.4) is 0 Å². The first-order valence-corrected chi connectivity index (χ1v) is 4.56. The smallest absolute Gasteiger partial charge is 0.145 e. The summed E-state index contributed by atoms with van der Waals surface area (Å²) in [6.07, 6.45) is 4.48. The van der Waals surface area contributed by atoms with Gasteiger partial charge in [0.05, 0.1) is 17.8 Å². The van der Waals surface area contributed by atoms with Gasteiger partial charge in [0.15, 0.2) is 0 Å². The molecule has 0 aliphatic rings. The zero-order chi connectivity index (χ0) is 9.97. The van der Waals surface area contributed by atoms with Crippen molar-refractivity contribution in [1.82, 2.24) is 4.40 Å². The summed E-state index contributed by atoms with van der Waals surface area (Å²) in [6, 6.07) is 7.60. The van der Waals surface area contributed by atoms with Crippen LogP contribution >= 0.6 is 0 Å². The SMILES string of the molecule is CC(O)COc1c[c]n2ccccc12. The van der Waals surface area contributed by atoms with Gasteiger partial charge < -0.3 is 14.2 Å². The summed E-state index contributed by atoms with van der Waals surface area (Å²) in [6.45, 7) is 2.00. The van der Waals surface area contributed by atoms with Gasteiger partial charge in [-0.05, 0) is 19.1 Å². The second-order valence-corrected chi connectivity index (χ2v) is 3.25. The summed E-state index contributed by atoms with van der Waals surface area (Å²) in [4.78, 5) is 0. The van der Waals surface area contributed by atoms with Crippen LogP contribution in [0.4, 0.5) is 0 Å². The molecular formula is C11H12NO2. The maximum Gasteiger partial charge on any atom is 0.145 e. The topological polar surface area (TPSA) is 33.9 Å². The van der Waals surface area contributed by atoms with Gasteiger partial charge >= 0.3 is 0 Å². The third-order valence-electron chi connectivity index (χ3n) is 1.93. The van der Waals surface area contributed by atoms with Crippen LogP contribution in [0.25, 0.3) is 5.52 Å². The van der Waals surface area contributed by atoms with Gasteiger partial charge in [-0.15, -0.1) is 0 Å². The Bertz CT molecular complexity index is 420. The predicted octanol–water partition coefficient (Wildman–Crippen LogP) is 1.50. The predicted molar refractivity (Wildman–Crippen MR) is 53.4 cm³/mol. The summed E-state index contributed by atoms with van der Waals surface area (Å²) in [7, 11) is 0. The number of pyridine rings is 1. The summed E-state index contributed by atoms with van der Waals surface area (Å²) >= 11 is 0. The second kappa shape index (κ2) is 3.72. The molecule has 2 heterocycles. The molecule has 0 aliphatic carbocycles. The molecule has 0 amide bonds. The van der Waals surface area contributed by atoms with Crippen molar-refractivity contribution in [2.75, 3.05) is 6.61 Å². The number of fused-ring (bicyclic) bond motifs is 1. The van der Waals surface area contributed by atoms with Gasteiger partial charge in [-0.25, -0.2) is 0 Å². The first-order valence-electron chi connectivity index (χ1n) is 4.56. The molecule has 2 aromatic rings. The highest BCUT2D eigenvalue weighted by Gasteiger charge is 2.03. The highest BCUT2D eigenvalue weighted by Crippen LogP contribution is 2.20. The molecule has 3 nitrogen and oxygen atoms in total.